The number of aliphatic hydroxyl groups is 1. The fourth-order valence-electron chi connectivity index (χ4n) is 3.00. The van der Waals surface area contributed by atoms with Crippen LogP contribution in [0.15, 0.2) is 36.5 Å². The van der Waals surface area contributed by atoms with Gasteiger partial charge in [0.05, 0.1) is 23.7 Å². The van der Waals surface area contributed by atoms with Crippen molar-refractivity contribution in [2.24, 2.45) is 0 Å². The fourth-order valence-corrected chi connectivity index (χ4v) is 3.12. The molecule has 0 aliphatic heterocycles. The van der Waals surface area contributed by atoms with Crippen LogP contribution in [0.3, 0.4) is 0 Å². The Kier molecular flexibility index (Phi) is 5.31. The number of hydrogen-bond donors (Lipinski definition) is 4. The molecule has 9 nitrogen and oxygen atoms in total. The fraction of sp³-hybridized carbons (Fsp3) is 0.300. The first-order valence-corrected chi connectivity index (χ1v) is 9.88. The standard InChI is InChI=1S/C20H23ClN8O/c1-12-8-16(28-27-12)24-17-15-10-23-29(11-20(2,3)30)18(15)26-19(25-17)22-9-13-4-6-14(21)7-5-13/h4-8,10,30H,9,11H2,1-3H3,(H3,22,24,25,26,27,28). The highest BCUT2D eigenvalue weighted by molar-refractivity contribution is 6.30. The number of nitrogens with zero attached hydrogens (tertiary/aromatic N) is 5. The van der Waals surface area contributed by atoms with Crippen molar-refractivity contribution in [2.75, 3.05) is 10.6 Å². The van der Waals surface area contributed by atoms with Crippen LogP contribution in [-0.2, 0) is 13.1 Å². The number of nitrogens with one attached hydrogen (secondary N) is 3. The lowest BCUT2D eigenvalue weighted by Crippen LogP contribution is -2.26. The molecular weight excluding hydrogens is 404 g/mol. The molecule has 4 aromatic rings. The second-order valence-electron chi connectivity index (χ2n) is 7.79. The van der Waals surface area contributed by atoms with Gasteiger partial charge in [0.25, 0.3) is 0 Å². The van der Waals surface area contributed by atoms with E-state index in [2.05, 4.69) is 35.9 Å². The quantitative estimate of drug-likeness (QED) is 0.356. The van der Waals surface area contributed by atoms with Crippen LogP contribution in [0.1, 0.15) is 25.1 Å². The molecule has 0 fully saturated rings. The lowest BCUT2D eigenvalue weighted by atomic mass is 10.1. The number of aromatic nitrogens is 6. The molecule has 0 amide bonds. The van der Waals surface area contributed by atoms with E-state index in [9.17, 15) is 5.11 Å². The molecule has 0 spiro atoms. The summed E-state index contributed by atoms with van der Waals surface area (Å²) in [5.74, 6) is 1.66. The van der Waals surface area contributed by atoms with Crippen molar-refractivity contribution >= 4 is 40.2 Å². The van der Waals surface area contributed by atoms with Crippen LogP contribution >= 0.6 is 11.6 Å². The Hall–Kier alpha value is -3.17. The Morgan fingerprint density at radius 1 is 1.20 bits per heavy atom. The maximum atomic E-state index is 10.2. The molecule has 0 atom stereocenters. The van der Waals surface area contributed by atoms with Gasteiger partial charge in [-0.25, -0.2) is 4.68 Å². The summed E-state index contributed by atoms with van der Waals surface area (Å²) < 4.78 is 1.67. The van der Waals surface area contributed by atoms with Crippen molar-refractivity contribution in [3.05, 3.63) is 52.8 Å². The summed E-state index contributed by atoms with van der Waals surface area (Å²) in [4.78, 5) is 9.25. The first-order valence-electron chi connectivity index (χ1n) is 9.50. The van der Waals surface area contributed by atoms with E-state index in [1.807, 2.05) is 37.3 Å². The van der Waals surface area contributed by atoms with Gasteiger partial charge in [-0.15, -0.1) is 0 Å². The predicted molar refractivity (Wildman–Crippen MR) is 117 cm³/mol. The van der Waals surface area contributed by atoms with Gasteiger partial charge in [0, 0.05) is 23.3 Å². The van der Waals surface area contributed by atoms with E-state index in [0.29, 0.717) is 41.3 Å². The van der Waals surface area contributed by atoms with E-state index in [0.717, 1.165) is 16.6 Å². The second kappa shape index (κ2) is 7.92. The van der Waals surface area contributed by atoms with Crippen LogP contribution in [0, 0.1) is 6.92 Å². The molecule has 156 valence electrons. The summed E-state index contributed by atoms with van der Waals surface area (Å²) >= 11 is 5.96. The van der Waals surface area contributed by atoms with Gasteiger partial charge in [0.15, 0.2) is 11.5 Å². The third-order valence-electron chi connectivity index (χ3n) is 4.35. The van der Waals surface area contributed by atoms with E-state index in [1.165, 1.54) is 0 Å². The largest absolute Gasteiger partial charge is 0.389 e. The molecule has 0 bridgehead atoms. The van der Waals surface area contributed by atoms with Gasteiger partial charge in [-0.2, -0.15) is 20.2 Å². The van der Waals surface area contributed by atoms with E-state index < -0.39 is 5.60 Å². The van der Waals surface area contributed by atoms with Gasteiger partial charge >= 0.3 is 0 Å². The Bertz CT molecular complexity index is 1160. The van der Waals surface area contributed by atoms with Crippen LogP contribution < -0.4 is 10.6 Å². The summed E-state index contributed by atoms with van der Waals surface area (Å²) in [6.07, 6.45) is 1.69. The molecule has 4 N–H and O–H groups in total. The predicted octanol–water partition coefficient (Wildman–Crippen LogP) is 3.64. The van der Waals surface area contributed by atoms with Crippen LogP contribution in [0.2, 0.25) is 5.02 Å². The van der Waals surface area contributed by atoms with Gasteiger partial charge in [-0.3, -0.25) is 5.10 Å². The number of aromatic amines is 1. The average Bonchev–Trinajstić information content (AvgIpc) is 3.26. The van der Waals surface area contributed by atoms with Crippen molar-refractivity contribution in [3.8, 4) is 0 Å². The van der Waals surface area contributed by atoms with E-state index in [1.54, 1.807) is 24.7 Å². The van der Waals surface area contributed by atoms with Crippen LogP contribution in [-0.4, -0.2) is 40.7 Å². The summed E-state index contributed by atoms with van der Waals surface area (Å²) in [6.45, 7) is 6.21. The molecule has 0 unspecified atom stereocenters. The number of rotatable bonds is 7. The molecule has 10 heteroatoms. The first-order chi connectivity index (χ1) is 14.3. The van der Waals surface area contributed by atoms with Gasteiger partial charge < -0.3 is 15.7 Å². The summed E-state index contributed by atoms with van der Waals surface area (Å²) in [5, 5.41) is 29.7. The second-order valence-corrected chi connectivity index (χ2v) is 8.23. The summed E-state index contributed by atoms with van der Waals surface area (Å²) in [6, 6.07) is 9.45. The Morgan fingerprint density at radius 2 is 1.97 bits per heavy atom. The normalized spacial score (nSPS) is 11.8. The molecule has 0 aliphatic carbocycles. The molecule has 3 heterocycles. The number of hydrogen-bond acceptors (Lipinski definition) is 7. The third-order valence-corrected chi connectivity index (χ3v) is 4.60. The summed E-state index contributed by atoms with van der Waals surface area (Å²) in [5.41, 5.74) is 1.65. The third kappa shape index (κ3) is 4.69. The van der Waals surface area contributed by atoms with Gasteiger partial charge in [0.2, 0.25) is 5.95 Å². The number of anilines is 3. The molecule has 0 saturated heterocycles. The van der Waals surface area contributed by atoms with E-state index >= 15 is 0 Å². The van der Waals surface area contributed by atoms with Crippen LogP contribution in [0.5, 0.6) is 0 Å². The van der Waals surface area contributed by atoms with Crippen molar-refractivity contribution in [1.82, 2.24) is 29.9 Å². The van der Waals surface area contributed by atoms with Gasteiger partial charge in [0.1, 0.15) is 5.82 Å². The minimum Gasteiger partial charge on any atom is -0.389 e. The maximum Gasteiger partial charge on any atom is 0.227 e. The van der Waals surface area contributed by atoms with Crippen molar-refractivity contribution in [3.63, 3.8) is 0 Å². The highest BCUT2D eigenvalue weighted by Crippen LogP contribution is 2.26. The van der Waals surface area contributed by atoms with Gasteiger partial charge in [-0.1, -0.05) is 23.7 Å². The highest BCUT2D eigenvalue weighted by Gasteiger charge is 2.19. The smallest absolute Gasteiger partial charge is 0.227 e. The van der Waals surface area contributed by atoms with Crippen molar-refractivity contribution in [2.45, 2.75) is 39.5 Å². The van der Waals surface area contributed by atoms with Gasteiger partial charge in [-0.05, 0) is 38.5 Å². The Balaban J connectivity index is 1.69. The number of aryl methyl sites for hydroxylation is 1. The summed E-state index contributed by atoms with van der Waals surface area (Å²) in [7, 11) is 0. The minimum atomic E-state index is -0.937. The maximum absolute atomic E-state index is 10.2. The zero-order valence-electron chi connectivity index (χ0n) is 16.9. The topological polar surface area (TPSA) is 117 Å². The van der Waals surface area contributed by atoms with E-state index in [-0.39, 0.29) is 0 Å². The van der Waals surface area contributed by atoms with Crippen LogP contribution in [0.25, 0.3) is 11.0 Å². The van der Waals surface area contributed by atoms with Crippen LogP contribution in [0.4, 0.5) is 17.6 Å². The SMILES string of the molecule is Cc1cc(Nc2nc(NCc3ccc(Cl)cc3)nc3c2cnn3CC(C)(C)O)n[nH]1. The average molecular weight is 427 g/mol. The number of halogens is 1. The Labute approximate surface area is 178 Å². The van der Waals surface area contributed by atoms with E-state index in [4.69, 9.17) is 11.6 Å². The van der Waals surface area contributed by atoms with Crippen molar-refractivity contribution in [1.29, 1.82) is 0 Å². The molecule has 0 saturated carbocycles. The molecule has 1 aromatic carbocycles. The molecule has 0 radical (unpaired) electrons. The monoisotopic (exact) mass is 426 g/mol. The zero-order chi connectivity index (χ0) is 21.3. The Morgan fingerprint density at radius 3 is 2.63 bits per heavy atom. The molecule has 4 rings (SSSR count). The van der Waals surface area contributed by atoms with Crippen molar-refractivity contribution < 1.29 is 5.11 Å². The lowest BCUT2D eigenvalue weighted by Gasteiger charge is -2.17. The lowest BCUT2D eigenvalue weighted by molar-refractivity contribution is 0.0589. The number of H-pyrrole nitrogens is 1. The first kappa shape index (κ1) is 20.1. The highest BCUT2D eigenvalue weighted by atomic mass is 35.5. The minimum absolute atomic E-state index is 0.297. The molecule has 3 aromatic heterocycles. The molecule has 30 heavy (non-hydrogen) atoms. The number of fused-ring (bicyclic) bond motifs is 1. The molecule has 0 aliphatic rings. The molecular formula is C20H23ClN8O. The zero-order valence-corrected chi connectivity index (χ0v) is 17.7. The number of benzene rings is 1.